The molecule has 60 valence electrons. The molecule has 0 aliphatic carbocycles. The summed E-state index contributed by atoms with van der Waals surface area (Å²) in [5.41, 5.74) is 2.58. The van der Waals surface area contributed by atoms with Crippen molar-refractivity contribution in [2.24, 2.45) is 0 Å². The maximum atomic E-state index is 5.19. The van der Waals surface area contributed by atoms with Crippen molar-refractivity contribution < 1.29 is 4.74 Å². The van der Waals surface area contributed by atoms with Crippen LogP contribution < -0.4 is 4.74 Å². The maximum absolute atomic E-state index is 5.19. The number of rotatable bonds is 2. The van der Waals surface area contributed by atoms with Gasteiger partial charge in [-0.25, -0.2) is 0 Å². The first-order valence-corrected chi connectivity index (χ1v) is 3.91. The van der Waals surface area contributed by atoms with Crippen molar-refractivity contribution in [3.8, 4) is 5.75 Å². The lowest BCUT2D eigenvalue weighted by atomic mass is 10.1. The average Bonchev–Trinajstić information content (AvgIpc) is 2.04. The SMILES string of the molecule is CCc1cc(C)ccc1OC. The Morgan fingerprint density at radius 2 is 2.09 bits per heavy atom. The van der Waals surface area contributed by atoms with E-state index >= 15 is 0 Å². The van der Waals surface area contributed by atoms with Crippen LogP contribution in [-0.2, 0) is 6.42 Å². The molecule has 0 spiro atoms. The van der Waals surface area contributed by atoms with Crippen LogP contribution in [0.4, 0.5) is 0 Å². The lowest BCUT2D eigenvalue weighted by Gasteiger charge is -2.06. The Morgan fingerprint density at radius 1 is 1.36 bits per heavy atom. The zero-order chi connectivity index (χ0) is 8.27. The minimum Gasteiger partial charge on any atom is -0.496 e. The smallest absolute Gasteiger partial charge is 0.122 e. The summed E-state index contributed by atoms with van der Waals surface area (Å²) in [5, 5.41) is 0. The monoisotopic (exact) mass is 150 g/mol. The van der Waals surface area contributed by atoms with Gasteiger partial charge in [0.1, 0.15) is 5.75 Å². The average molecular weight is 150 g/mol. The van der Waals surface area contributed by atoms with Crippen LogP contribution in [0.5, 0.6) is 5.75 Å². The number of benzene rings is 1. The number of ether oxygens (including phenoxy) is 1. The third kappa shape index (κ3) is 1.73. The summed E-state index contributed by atoms with van der Waals surface area (Å²) < 4.78 is 5.19. The highest BCUT2D eigenvalue weighted by atomic mass is 16.5. The maximum Gasteiger partial charge on any atom is 0.122 e. The highest BCUT2D eigenvalue weighted by molar-refractivity contribution is 5.36. The van der Waals surface area contributed by atoms with E-state index in [1.54, 1.807) is 7.11 Å². The normalized spacial score (nSPS) is 9.73. The van der Waals surface area contributed by atoms with Crippen LogP contribution in [0.3, 0.4) is 0 Å². The molecule has 0 aliphatic heterocycles. The Morgan fingerprint density at radius 3 is 2.64 bits per heavy atom. The second-order valence-corrected chi connectivity index (χ2v) is 2.67. The third-order valence-electron chi connectivity index (χ3n) is 1.82. The molecule has 0 amide bonds. The standard InChI is InChI=1S/C10H14O/c1-4-9-7-8(2)5-6-10(9)11-3/h5-7H,4H2,1-3H3. The van der Waals surface area contributed by atoms with Crippen molar-refractivity contribution in [3.63, 3.8) is 0 Å². The van der Waals surface area contributed by atoms with E-state index in [2.05, 4.69) is 26.0 Å². The van der Waals surface area contributed by atoms with Gasteiger partial charge in [0.15, 0.2) is 0 Å². The van der Waals surface area contributed by atoms with E-state index in [1.807, 2.05) is 6.07 Å². The van der Waals surface area contributed by atoms with Crippen molar-refractivity contribution in [1.29, 1.82) is 0 Å². The molecule has 0 aromatic heterocycles. The molecule has 0 unspecified atom stereocenters. The van der Waals surface area contributed by atoms with Gasteiger partial charge in [0.2, 0.25) is 0 Å². The summed E-state index contributed by atoms with van der Waals surface area (Å²) in [4.78, 5) is 0. The summed E-state index contributed by atoms with van der Waals surface area (Å²) in [6, 6.07) is 6.25. The van der Waals surface area contributed by atoms with Crippen LogP contribution >= 0.6 is 0 Å². The molecule has 0 N–H and O–H groups in total. The van der Waals surface area contributed by atoms with Crippen molar-refractivity contribution in [1.82, 2.24) is 0 Å². The van der Waals surface area contributed by atoms with Crippen LogP contribution in [-0.4, -0.2) is 7.11 Å². The minimum atomic E-state index is 0.998. The Bertz CT molecular complexity index is 241. The Balaban J connectivity index is 3.06. The van der Waals surface area contributed by atoms with E-state index < -0.39 is 0 Å². The first kappa shape index (κ1) is 8.12. The van der Waals surface area contributed by atoms with E-state index in [-0.39, 0.29) is 0 Å². The quantitative estimate of drug-likeness (QED) is 0.629. The van der Waals surface area contributed by atoms with Crippen LogP contribution in [0.2, 0.25) is 0 Å². The molecule has 0 heterocycles. The zero-order valence-corrected chi connectivity index (χ0v) is 7.35. The van der Waals surface area contributed by atoms with Gasteiger partial charge in [0, 0.05) is 0 Å². The highest BCUT2D eigenvalue weighted by Crippen LogP contribution is 2.19. The largest absolute Gasteiger partial charge is 0.496 e. The third-order valence-corrected chi connectivity index (χ3v) is 1.82. The summed E-state index contributed by atoms with van der Waals surface area (Å²) in [6.45, 7) is 4.23. The first-order valence-electron chi connectivity index (χ1n) is 3.91. The molecule has 1 nitrogen and oxygen atoms in total. The van der Waals surface area contributed by atoms with Gasteiger partial charge in [-0.15, -0.1) is 0 Å². The van der Waals surface area contributed by atoms with E-state index in [1.165, 1.54) is 11.1 Å². The van der Waals surface area contributed by atoms with Crippen LogP contribution in [0.1, 0.15) is 18.1 Å². The summed E-state index contributed by atoms with van der Waals surface area (Å²) >= 11 is 0. The molecular weight excluding hydrogens is 136 g/mol. The van der Waals surface area contributed by atoms with Crippen molar-refractivity contribution >= 4 is 0 Å². The minimum absolute atomic E-state index is 0.998. The Kier molecular flexibility index (Phi) is 2.53. The molecule has 0 aliphatic rings. The molecule has 1 rings (SSSR count). The Hall–Kier alpha value is -0.980. The van der Waals surface area contributed by atoms with Crippen LogP contribution in [0, 0.1) is 6.92 Å². The molecule has 1 aromatic rings. The summed E-state index contributed by atoms with van der Waals surface area (Å²) in [6.07, 6.45) is 1.03. The van der Waals surface area contributed by atoms with E-state index in [0.29, 0.717) is 0 Å². The van der Waals surface area contributed by atoms with Gasteiger partial charge in [0.05, 0.1) is 7.11 Å². The number of methoxy groups -OCH3 is 1. The predicted molar refractivity (Wildman–Crippen MR) is 47.1 cm³/mol. The molecule has 1 aromatic carbocycles. The molecule has 0 saturated carbocycles. The van der Waals surface area contributed by atoms with Crippen molar-refractivity contribution in [3.05, 3.63) is 29.3 Å². The van der Waals surface area contributed by atoms with Crippen LogP contribution in [0.15, 0.2) is 18.2 Å². The zero-order valence-electron chi connectivity index (χ0n) is 7.35. The predicted octanol–water partition coefficient (Wildman–Crippen LogP) is 2.57. The lowest BCUT2D eigenvalue weighted by Crippen LogP contribution is -1.90. The molecular formula is C10H14O. The Labute approximate surface area is 68.0 Å². The fraction of sp³-hybridized carbons (Fsp3) is 0.400. The van der Waals surface area contributed by atoms with Gasteiger partial charge in [-0.2, -0.15) is 0 Å². The number of hydrogen-bond acceptors (Lipinski definition) is 1. The molecule has 0 fully saturated rings. The van der Waals surface area contributed by atoms with Crippen LogP contribution in [0.25, 0.3) is 0 Å². The number of hydrogen-bond donors (Lipinski definition) is 0. The second kappa shape index (κ2) is 3.42. The highest BCUT2D eigenvalue weighted by Gasteiger charge is 1.98. The number of aryl methyl sites for hydroxylation is 2. The van der Waals surface area contributed by atoms with Gasteiger partial charge in [-0.3, -0.25) is 0 Å². The molecule has 1 heteroatoms. The van der Waals surface area contributed by atoms with Crippen molar-refractivity contribution in [2.75, 3.05) is 7.11 Å². The van der Waals surface area contributed by atoms with E-state index in [4.69, 9.17) is 4.74 Å². The summed E-state index contributed by atoms with van der Waals surface area (Å²) in [5.74, 6) is 0.998. The molecule has 0 radical (unpaired) electrons. The lowest BCUT2D eigenvalue weighted by molar-refractivity contribution is 0.410. The molecule has 0 atom stereocenters. The second-order valence-electron chi connectivity index (χ2n) is 2.67. The molecule has 11 heavy (non-hydrogen) atoms. The topological polar surface area (TPSA) is 9.23 Å². The van der Waals surface area contributed by atoms with Gasteiger partial charge < -0.3 is 4.74 Å². The van der Waals surface area contributed by atoms with E-state index in [0.717, 1.165) is 12.2 Å². The van der Waals surface area contributed by atoms with Gasteiger partial charge in [-0.05, 0) is 25.0 Å². The molecule has 0 bridgehead atoms. The molecule has 0 saturated heterocycles. The van der Waals surface area contributed by atoms with Crippen molar-refractivity contribution in [2.45, 2.75) is 20.3 Å². The summed E-state index contributed by atoms with van der Waals surface area (Å²) in [7, 11) is 1.71. The van der Waals surface area contributed by atoms with Gasteiger partial charge in [-0.1, -0.05) is 24.6 Å². The van der Waals surface area contributed by atoms with Gasteiger partial charge in [0.25, 0.3) is 0 Å². The fourth-order valence-corrected chi connectivity index (χ4v) is 1.18. The first-order chi connectivity index (χ1) is 5.27. The van der Waals surface area contributed by atoms with E-state index in [9.17, 15) is 0 Å². The fourth-order valence-electron chi connectivity index (χ4n) is 1.18. The van der Waals surface area contributed by atoms with Gasteiger partial charge >= 0.3 is 0 Å².